The maximum Gasteiger partial charge on any atom is 0.329 e. The molecule has 4 nitrogen and oxygen atoms in total. The summed E-state index contributed by atoms with van der Waals surface area (Å²) in [5, 5.41) is 2.40. The van der Waals surface area contributed by atoms with Crippen LogP contribution in [0.1, 0.15) is 5.56 Å². The van der Waals surface area contributed by atoms with Crippen LogP contribution in [0.4, 0.5) is 4.79 Å². The van der Waals surface area contributed by atoms with Crippen molar-refractivity contribution in [1.82, 2.24) is 0 Å². The lowest BCUT2D eigenvalue weighted by Gasteiger charge is -2.33. The number of methoxy groups -OCH3 is 1. The van der Waals surface area contributed by atoms with Gasteiger partial charge in [0.05, 0.1) is 7.11 Å². The molecule has 0 aromatic heterocycles. The van der Waals surface area contributed by atoms with Crippen LogP contribution in [0, 0.1) is 0 Å². The summed E-state index contributed by atoms with van der Waals surface area (Å²) in [6.45, 7) is 5.71. The van der Waals surface area contributed by atoms with Crippen LogP contribution in [-0.4, -0.2) is 36.7 Å². The summed E-state index contributed by atoms with van der Waals surface area (Å²) in [6, 6.07) is 15.2. The van der Waals surface area contributed by atoms with Gasteiger partial charge in [-0.2, -0.15) is 0 Å². The lowest BCUT2D eigenvalue weighted by atomic mass is 10.1. The summed E-state index contributed by atoms with van der Waals surface area (Å²) < 4.78 is 16.9. The molecule has 1 atom stereocenters. The van der Waals surface area contributed by atoms with Crippen LogP contribution in [0.15, 0.2) is 42.5 Å². The van der Waals surface area contributed by atoms with Crippen molar-refractivity contribution in [3.05, 3.63) is 48.0 Å². The van der Waals surface area contributed by atoms with E-state index < -0.39 is 16.9 Å². The van der Waals surface area contributed by atoms with Crippen molar-refractivity contribution in [2.45, 2.75) is 25.7 Å². The third-order valence-electron chi connectivity index (χ3n) is 3.97. The van der Waals surface area contributed by atoms with E-state index in [0.29, 0.717) is 6.04 Å². The second-order valence-electron chi connectivity index (χ2n) is 6.26. The topological polar surface area (TPSA) is 44.8 Å². The number of carbonyl (C=O) groups excluding carboxylic acids is 1. The molecule has 0 amide bonds. The monoisotopic (exact) mass is 348 g/mol. The van der Waals surface area contributed by atoms with E-state index in [1.807, 2.05) is 37.8 Å². The number of carbonyl (C=O) groups is 1. The predicted octanol–water partition coefficient (Wildman–Crippen LogP) is 4.21. The Labute approximate surface area is 139 Å². The van der Waals surface area contributed by atoms with Gasteiger partial charge in [-0.15, -0.1) is 0 Å². The summed E-state index contributed by atoms with van der Waals surface area (Å²) in [4.78, 5) is 12.0. The molecule has 0 heterocycles. The van der Waals surface area contributed by atoms with Gasteiger partial charge in [0.2, 0.25) is 0 Å². The summed E-state index contributed by atoms with van der Waals surface area (Å²) in [7, 11) is -2.08. The van der Waals surface area contributed by atoms with Gasteiger partial charge in [-0.1, -0.05) is 42.5 Å². The Morgan fingerprint density at radius 2 is 1.65 bits per heavy atom. The molecular formula is C17H24O4Si2. The van der Waals surface area contributed by atoms with Crippen LogP contribution in [0.2, 0.25) is 19.6 Å². The molecule has 0 N–H and O–H groups in total. The lowest BCUT2D eigenvalue weighted by Crippen LogP contribution is -2.54. The standard InChI is InChI=1S/C17H24O4Si2/c1-19-17(18)22(3,4)21-23(5,20-2)13-15-11-8-10-14-9-6-7-12-16(14)15/h6-12H,13H2,1-5H3. The Morgan fingerprint density at radius 3 is 2.30 bits per heavy atom. The average molecular weight is 349 g/mol. The fraction of sp³-hybridized carbons (Fsp3) is 0.353. The fourth-order valence-electron chi connectivity index (χ4n) is 2.77. The van der Waals surface area contributed by atoms with Crippen molar-refractivity contribution in [3.8, 4) is 0 Å². The molecule has 2 aromatic carbocycles. The number of fused-ring (bicyclic) bond motifs is 1. The number of hydrogen-bond donors (Lipinski definition) is 0. The number of rotatable bonds is 6. The van der Waals surface area contributed by atoms with Gasteiger partial charge >= 0.3 is 22.5 Å². The second kappa shape index (κ2) is 6.96. The smallest absolute Gasteiger partial charge is 0.329 e. The van der Waals surface area contributed by atoms with E-state index in [2.05, 4.69) is 24.3 Å². The second-order valence-corrected chi connectivity index (χ2v) is 13.5. The average Bonchev–Trinajstić information content (AvgIpc) is 2.54. The van der Waals surface area contributed by atoms with Gasteiger partial charge in [0, 0.05) is 13.2 Å². The van der Waals surface area contributed by atoms with Crippen LogP contribution in [0.3, 0.4) is 0 Å². The van der Waals surface area contributed by atoms with E-state index in [4.69, 9.17) is 13.3 Å². The van der Waals surface area contributed by atoms with Crippen molar-refractivity contribution in [2.75, 3.05) is 14.2 Å². The molecule has 1 unspecified atom stereocenters. The van der Waals surface area contributed by atoms with Crippen LogP contribution in [0.5, 0.6) is 0 Å². The third-order valence-corrected chi connectivity index (χ3v) is 10.8. The number of hydrogen-bond acceptors (Lipinski definition) is 4. The fourth-order valence-corrected chi connectivity index (χ4v) is 9.68. The normalized spacial score (nSPS) is 14.5. The largest absolute Gasteiger partial charge is 0.471 e. The highest BCUT2D eigenvalue weighted by Crippen LogP contribution is 2.25. The van der Waals surface area contributed by atoms with Gasteiger partial charge in [0.25, 0.3) is 0 Å². The minimum Gasteiger partial charge on any atom is -0.471 e. The molecule has 0 radical (unpaired) electrons. The molecule has 23 heavy (non-hydrogen) atoms. The maximum atomic E-state index is 12.0. The first-order chi connectivity index (χ1) is 10.8. The molecule has 2 aromatic rings. The Bertz CT molecular complexity index is 697. The van der Waals surface area contributed by atoms with Crippen LogP contribution >= 0.6 is 0 Å². The summed E-state index contributed by atoms with van der Waals surface area (Å²) in [5.74, 6) is 0. The van der Waals surface area contributed by atoms with Gasteiger partial charge in [0.1, 0.15) is 0 Å². The highest BCUT2D eigenvalue weighted by Gasteiger charge is 2.44. The minimum atomic E-state index is -2.61. The molecule has 0 aliphatic heterocycles. The Kier molecular flexibility index (Phi) is 5.41. The van der Waals surface area contributed by atoms with E-state index in [1.54, 1.807) is 7.11 Å². The Hall–Kier alpha value is -1.48. The van der Waals surface area contributed by atoms with Crippen molar-refractivity contribution < 1.29 is 18.1 Å². The molecule has 0 bridgehead atoms. The molecule has 2 rings (SSSR count). The van der Waals surface area contributed by atoms with Crippen molar-refractivity contribution in [1.29, 1.82) is 0 Å². The van der Waals surface area contributed by atoms with E-state index in [9.17, 15) is 4.79 Å². The molecule has 0 aliphatic rings. The first kappa shape index (κ1) is 17.9. The van der Waals surface area contributed by atoms with Gasteiger partial charge in [-0.25, -0.2) is 0 Å². The molecular weight excluding hydrogens is 324 g/mol. The molecule has 0 saturated heterocycles. The van der Waals surface area contributed by atoms with Gasteiger partial charge < -0.3 is 13.3 Å². The zero-order valence-corrected chi connectivity index (χ0v) is 16.4. The van der Waals surface area contributed by atoms with Crippen LogP contribution < -0.4 is 0 Å². The molecule has 0 spiro atoms. The van der Waals surface area contributed by atoms with E-state index in [1.165, 1.54) is 23.4 Å². The Morgan fingerprint density at radius 1 is 1.00 bits per heavy atom. The maximum absolute atomic E-state index is 12.0. The van der Waals surface area contributed by atoms with Gasteiger partial charge in [-0.3, -0.25) is 4.79 Å². The molecule has 0 saturated carbocycles. The summed E-state index contributed by atoms with van der Waals surface area (Å²) in [6.07, 6.45) is 0. The summed E-state index contributed by atoms with van der Waals surface area (Å²) in [5.41, 5.74) is 0.931. The first-order valence-corrected chi connectivity index (χ1v) is 13.0. The first-order valence-electron chi connectivity index (χ1n) is 7.62. The zero-order chi connectivity index (χ0) is 17.1. The van der Waals surface area contributed by atoms with Crippen molar-refractivity contribution in [3.63, 3.8) is 0 Å². The predicted molar refractivity (Wildman–Crippen MR) is 97.3 cm³/mol. The molecule has 0 fully saturated rings. The minimum absolute atomic E-state index is 0.258. The van der Waals surface area contributed by atoms with Gasteiger partial charge in [-0.05, 0) is 36.0 Å². The van der Waals surface area contributed by atoms with Gasteiger partial charge in [0.15, 0.2) is 0 Å². The van der Waals surface area contributed by atoms with E-state index >= 15 is 0 Å². The van der Waals surface area contributed by atoms with Crippen molar-refractivity contribution >= 4 is 33.2 Å². The quantitative estimate of drug-likeness (QED) is 0.734. The summed E-state index contributed by atoms with van der Waals surface area (Å²) >= 11 is 0. The van der Waals surface area contributed by atoms with Crippen LogP contribution in [0.25, 0.3) is 10.8 Å². The SMILES string of the molecule is COC(=O)[Si](C)(C)O[Si](C)(Cc1cccc2ccccc12)OC. The molecule has 0 aliphatic carbocycles. The number of benzene rings is 2. The number of ether oxygens (including phenoxy) is 1. The lowest BCUT2D eigenvalue weighted by molar-refractivity contribution is 0.189. The van der Waals surface area contributed by atoms with E-state index in [-0.39, 0.29) is 5.59 Å². The van der Waals surface area contributed by atoms with E-state index in [0.717, 1.165) is 0 Å². The molecule has 6 heteroatoms. The van der Waals surface area contributed by atoms with Crippen molar-refractivity contribution in [2.24, 2.45) is 0 Å². The third kappa shape index (κ3) is 4.08. The molecule has 124 valence electrons. The Balaban J connectivity index is 2.32. The zero-order valence-electron chi connectivity index (χ0n) is 14.4. The highest BCUT2D eigenvalue weighted by atomic mass is 28.4. The van der Waals surface area contributed by atoms with Crippen LogP contribution in [-0.2, 0) is 19.3 Å². The highest BCUT2D eigenvalue weighted by molar-refractivity contribution is 7.02.